The van der Waals surface area contributed by atoms with Crippen LogP contribution in [0.4, 0.5) is 17.5 Å². The number of nitrogens with one attached hydrogen (secondary N) is 1. The molecule has 0 radical (unpaired) electrons. The van der Waals surface area contributed by atoms with Crippen LogP contribution < -0.4 is 10.2 Å². The van der Waals surface area contributed by atoms with Gasteiger partial charge in [-0.05, 0) is 37.5 Å². The summed E-state index contributed by atoms with van der Waals surface area (Å²) < 4.78 is 4.95. The van der Waals surface area contributed by atoms with Crippen LogP contribution in [0.25, 0.3) is 0 Å². The van der Waals surface area contributed by atoms with Crippen LogP contribution in [0.1, 0.15) is 28.2 Å². The third-order valence-corrected chi connectivity index (χ3v) is 4.10. The molecule has 0 bridgehead atoms. The van der Waals surface area contributed by atoms with Gasteiger partial charge < -0.3 is 14.7 Å². The summed E-state index contributed by atoms with van der Waals surface area (Å²) in [5, 5.41) is 6.44. The molecular weight excluding hydrogens is 318 g/mol. The van der Waals surface area contributed by atoms with Gasteiger partial charge in [0.05, 0.1) is 0 Å². The largest absolute Gasteiger partial charge is 0.360 e. The van der Waals surface area contributed by atoms with Crippen molar-refractivity contribution in [2.75, 3.05) is 16.8 Å². The van der Waals surface area contributed by atoms with E-state index < -0.39 is 0 Å². The minimum atomic E-state index is -0.345. The van der Waals surface area contributed by atoms with Crippen LogP contribution in [-0.2, 0) is 6.42 Å². The Hall–Kier alpha value is -3.22. The summed E-state index contributed by atoms with van der Waals surface area (Å²) in [5.74, 6) is 1.17. The standard InChI is InChI=1S/C18H17N5O2/c1-12-11-16(22-25-12)21-17(24)14-8-9-19-18(20-14)23-10-4-6-13-5-2-3-7-15(13)23/h2-3,5,7-9,11H,4,6,10H2,1H3,(H,21,22,24). The maximum absolute atomic E-state index is 12.4. The molecule has 4 rings (SSSR count). The third-order valence-electron chi connectivity index (χ3n) is 4.10. The number of carbonyl (C=O) groups excluding carboxylic acids is 1. The van der Waals surface area contributed by atoms with E-state index >= 15 is 0 Å². The lowest BCUT2D eigenvalue weighted by molar-refractivity contribution is 0.102. The first kappa shape index (κ1) is 15.3. The minimum absolute atomic E-state index is 0.286. The second-order valence-electron chi connectivity index (χ2n) is 5.90. The zero-order chi connectivity index (χ0) is 17.2. The van der Waals surface area contributed by atoms with Crippen molar-refractivity contribution >= 4 is 23.4 Å². The Labute approximate surface area is 144 Å². The Morgan fingerprint density at radius 2 is 2.16 bits per heavy atom. The number of nitrogens with zero attached hydrogens (tertiary/aromatic N) is 4. The molecule has 0 saturated heterocycles. The molecule has 3 heterocycles. The average Bonchev–Trinajstić information content (AvgIpc) is 3.06. The number of aryl methyl sites for hydroxylation is 2. The number of hydrogen-bond acceptors (Lipinski definition) is 6. The molecule has 0 fully saturated rings. The molecule has 0 atom stereocenters. The van der Waals surface area contributed by atoms with Gasteiger partial charge in [-0.3, -0.25) is 4.79 Å². The number of carbonyl (C=O) groups is 1. The molecule has 1 aliphatic rings. The quantitative estimate of drug-likeness (QED) is 0.792. The smallest absolute Gasteiger partial charge is 0.275 e. The van der Waals surface area contributed by atoms with Crippen LogP contribution in [0, 0.1) is 6.92 Å². The van der Waals surface area contributed by atoms with Gasteiger partial charge in [-0.2, -0.15) is 0 Å². The summed E-state index contributed by atoms with van der Waals surface area (Å²) in [4.78, 5) is 23.3. The van der Waals surface area contributed by atoms with Crippen LogP contribution in [0.5, 0.6) is 0 Å². The van der Waals surface area contributed by atoms with Crippen LogP contribution in [-0.4, -0.2) is 27.6 Å². The molecule has 0 aliphatic carbocycles. The Morgan fingerprint density at radius 1 is 1.28 bits per heavy atom. The first-order valence-corrected chi connectivity index (χ1v) is 8.14. The molecule has 1 aromatic carbocycles. The number of aromatic nitrogens is 3. The highest BCUT2D eigenvalue weighted by atomic mass is 16.5. The Kier molecular flexibility index (Phi) is 3.89. The highest BCUT2D eigenvalue weighted by Crippen LogP contribution is 2.31. The van der Waals surface area contributed by atoms with Crippen LogP contribution in [0.2, 0.25) is 0 Å². The summed E-state index contributed by atoms with van der Waals surface area (Å²) in [7, 11) is 0. The fourth-order valence-electron chi connectivity index (χ4n) is 2.95. The first-order valence-electron chi connectivity index (χ1n) is 8.14. The number of hydrogen-bond donors (Lipinski definition) is 1. The first-order chi connectivity index (χ1) is 12.2. The lowest BCUT2D eigenvalue weighted by Gasteiger charge is -2.29. The van der Waals surface area contributed by atoms with Gasteiger partial charge in [0.15, 0.2) is 5.82 Å². The zero-order valence-electron chi connectivity index (χ0n) is 13.8. The molecule has 7 nitrogen and oxygen atoms in total. The van der Waals surface area contributed by atoms with E-state index in [4.69, 9.17) is 4.52 Å². The van der Waals surface area contributed by atoms with E-state index in [1.54, 1.807) is 25.3 Å². The van der Waals surface area contributed by atoms with Crippen molar-refractivity contribution in [2.24, 2.45) is 0 Å². The molecule has 1 amide bonds. The number of fused-ring (bicyclic) bond motifs is 1. The molecule has 3 aromatic rings. The summed E-state index contributed by atoms with van der Waals surface area (Å²) in [6.07, 6.45) is 3.66. The number of para-hydroxylation sites is 1. The van der Waals surface area contributed by atoms with Crippen LogP contribution in [0.15, 0.2) is 47.1 Å². The monoisotopic (exact) mass is 335 g/mol. The third kappa shape index (κ3) is 3.08. The van der Waals surface area contributed by atoms with E-state index in [9.17, 15) is 4.79 Å². The Balaban J connectivity index is 1.61. The van der Waals surface area contributed by atoms with Gasteiger partial charge in [0.25, 0.3) is 5.91 Å². The molecule has 0 spiro atoms. The van der Waals surface area contributed by atoms with E-state index in [1.165, 1.54) is 5.56 Å². The van der Waals surface area contributed by atoms with Crippen molar-refractivity contribution < 1.29 is 9.32 Å². The van der Waals surface area contributed by atoms with Gasteiger partial charge in [0.1, 0.15) is 11.5 Å². The predicted molar refractivity (Wildman–Crippen MR) is 93.0 cm³/mol. The Morgan fingerprint density at radius 3 is 3.00 bits per heavy atom. The molecule has 1 aliphatic heterocycles. The second kappa shape index (κ2) is 6.35. The highest BCUT2D eigenvalue weighted by Gasteiger charge is 2.21. The van der Waals surface area contributed by atoms with E-state index in [0.29, 0.717) is 17.5 Å². The summed E-state index contributed by atoms with van der Waals surface area (Å²) in [6, 6.07) is 11.4. The van der Waals surface area contributed by atoms with E-state index in [1.807, 2.05) is 12.1 Å². The molecule has 1 N–H and O–H groups in total. The maximum Gasteiger partial charge on any atom is 0.275 e. The average molecular weight is 335 g/mol. The lowest BCUT2D eigenvalue weighted by atomic mass is 10.0. The minimum Gasteiger partial charge on any atom is -0.360 e. The van der Waals surface area contributed by atoms with Crippen molar-refractivity contribution in [3.63, 3.8) is 0 Å². The molecule has 7 heteroatoms. The number of rotatable bonds is 3. The van der Waals surface area contributed by atoms with E-state index in [2.05, 4.69) is 37.5 Å². The van der Waals surface area contributed by atoms with Gasteiger partial charge in [0.2, 0.25) is 5.95 Å². The van der Waals surface area contributed by atoms with Gasteiger partial charge in [-0.25, -0.2) is 9.97 Å². The van der Waals surface area contributed by atoms with Crippen LogP contribution in [0.3, 0.4) is 0 Å². The van der Waals surface area contributed by atoms with E-state index in [0.717, 1.165) is 25.1 Å². The molecule has 0 unspecified atom stereocenters. The molecule has 25 heavy (non-hydrogen) atoms. The number of amides is 1. The molecule has 0 saturated carbocycles. The van der Waals surface area contributed by atoms with Gasteiger partial charge in [0, 0.05) is 24.5 Å². The fourth-order valence-corrected chi connectivity index (χ4v) is 2.95. The van der Waals surface area contributed by atoms with Crippen molar-refractivity contribution in [1.29, 1.82) is 0 Å². The lowest BCUT2D eigenvalue weighted by Crippen LogP contribution is -2.27. The van der Waals surface area contributed by atoms with E-state index in [-0.39, 0.29) is 11.6 Å². The molecular formula is C18H17N5O2. The van der Waals surface area contributed by atoms with Crippen LogP contribution >= 0.6 is 0 Å². The summed E-state index contributed by atoms with van der Waals surface area (Å²) in [5.41, 5.74) is 2.65. The van der Waals surface area contributed by atoms with Gasteiger partial charge in [-0.1, -0.05) is 23.4 Å². The van der Waals surface area contributed by atoms with Gasteiger partial charge in [-0.15, -0.1) is 0 Å². The topological polar surface area (TPSA) is 84.2 Å². The predicted octanol–water partition coefficient (Wildman–Crippen LogP) is 3.11. The summed E-state index contributed by atoms with van der Waals surface area (Å²) >= 11 is 0. The van der Waals surface area contributed by atoms with Crippen molar-refractivity contribution in [3.8, 4) is 0 Å². The number of anilines is 3. The SMILES string of the molecule is Cc1cc(NC(=O)c2ccnc(N3CCCc4ccccc43)n2)no1. The van der Waals surface area contributed by atoms with Crippen molar-refractivity contribution in [2.45, 2.75) is 19.8 Å². The molecule has 2 aromatic heterocycles. The van der Waals surface area contributed by atoms with Gasteiger partial charge >= 0.3 is 0 Å². The van der Waals surface area contributed by atoms with Crippen molar-refractivity contribution in [1.82, 2.24) is 15.1 Å². The van der Waals surface area contributed by atoms with Crippen molar-refractivity contribution in [3.05, 3.63) is 59.6 Å². The fraction of sp³-hybridized carbons (Fsp3) is 0.222. The zero-order valence-corrected chi connectivity index (χ0v) is 13.8. The molecule has 126 valence electrons. The second-order valence-corrected chi connectivity index (χ2v) is 5.90. The Bertz CT molecular complexity index is 921. The number of benzene rings is 1. The maximum atomic E-state index is 12.4. The summed E-state index contributed by atoms with van der Waals surface area (Å²) in [6.45, 7) is 2.59. The normalized spacial score (nSPS) is 13.4. The highest BCUT2D eigenvalue weighted by molar-refractivity contribution is 6.02.